The van der Waals surface area contributed by atoms with Gasteiger partial charge in [0.1, 0.15) is 0 Å². The van der Waals surface area contributed by atoms with Crippen molar-refractivity contribution in [1.82, 2.24) is 19.7 Å². The number of nitrogens with zero attached hydrogens (tertiary/aromatic N) is 4. The van der Waals surface area contributed by atoms with Gasteiger partial charge in [0.25, 0.3) is 5.91 Å². The van der Waals surface area contributed by atoms with Gasteiger partial charge in [0.05, 0.1) is 29.8 Å². The number of carbonyl (C=O) groups excluding carboxylic acids is 1. The van der Waals surface area contributed by atoms with Gasteiger partial charge in [-0.25, -0.2) is 18.1 Å². The number of carbonyl (C=O) groups is 1. The Morgan fingerprint density at radius 2 is 2.04 bits per heavy atom. The Bertz CT molecular complexity index is 1110. The smallest absolute Gasteiger partial charge is 0.255 e. The van der Waals surface area contributed by atoms with E-state index in [2.05, 4.69) is 10.1 Å². The molecule has 3 aromatic rings. The van der Waals surface area contributed by atoms with Crippen LogP contribution >= 0.6 is 0 Å². The highest BCUT2D eigenvalue weighted by Gasteiger charge is 2.34. The van der Waals surface area contributed by atoms with Crippen molar-refractivity contribution in [2.75, 3.05) is 18.1 Å². The molecule has 7 nitrogen and oxygen atoms in total. The zero-order valence-electron chi connectivity index (χ0n) is 15.7. The number of amides is 1. The maximum Gasteiger partial charge on any atom is 0.255 e. The molecule has 3 heterocycles. The molecule has 2 aromatic heterocycles. The molecule has 0 aliphatic carbocycles. The summed E-state index contributed by atoms with van der Waals surface area (Å²) in [6.45, 7) is 2.93. The Balaban J connectivity index is 1.58. The van der Waals surface area contributed by atoms with E-state index < -0.39 is 9.84 Å². The van der Waals surface area contributed by atoms with Crippen LogP contribution < -0.4 is 0 Å². The summed E-state index contributed by atoms with van der Waals surface area (Å²) in [6.07, 6.45) is 3.75. The van der Waals surface area contributed by atoms with Crippen molar-refractivity contribution in [3.8, 4) is 0 Å². The number of fused-ring (bicyclic) bond motifs is 1. The molecule has 1 aliphatic rings. The van der Waals surface area contributed by atoms with Crippen LogP contribution in [-0.4, -0.2) is 58.1 Å². The maximum atomic E-state index is 13.0. The van der Waals surface area contributed by atoms with Gasteiger partial charge in [-0.1, -0.05) is 30.3 Å². The van der Waals surface area contributed by atoms with Crippen LogP contribution in [0.4, 0.5) is 0 Å². The summed E-state index contributed by atoms with van der Waals surface area (Å²) in [7, 11) is -3.05. The zero-order valence-corrected chi connectivity index (χ0v) is 16.5. The van der Waals surface area contributed by atoms with Crippen LogP contribution in [0.3, 0.4) is 0 Å². The van der Waals surface area contributed by atoms with Crippen LogP contribution in [0.1, 0.15) is 29.3 Å². The lowest BCUT2D eigenvalue weighted by Crippen LogP contribution is -2.41. The topological polar surface area (TPSA) is 85.2 Å². The molecular weight excluding hydrogens is 376 g/mol. The van der Waals surface area contributed by atoms with E-state index in [9.17, 15) is 13.2 Å². The molecule has 1 atom stereocenters. The van der Waals surface area contributed by atoms with E-state index in [1.54, 1.807) is 28.0 Å². The Labute approximate surface area is 163 Å². The van der Waals surface area contributed by atoms with E-state index in [0.717, 1.165) is 10.9 Å². The molecule has 1 fully saturated rings. The van der Waals surface area contributed by atoms with E-state index in [4.69, 9.17) is 0 Å². The molecule has 0 spiro atoms. The van der Waals surface area contributed by atoms with E-state index in [1.165, 1.54) is 0 Å². The third-order valence-electron chi connectivity index (χ3n) is 5.15. The molecule has 0 radical (unpaired) electrons. The highest BCUT2D eigenvalue weighted by Crippen LogP contribution is 2.21. The second-order valence-electron chi connectivity index (χ2n) is 7.07. The second kappa shape index (κ2) is 7.35. The van der Waals surface area contributed by atoms with E-state index in [0.29, 0.717) is 30.7 Å². The fourth-order valence-corrected chi connectivity index (χ4v) is 5.45. The van der Waals surface area contributed by atoms with Gasteiger partial charge in [-0.05, 0) is 25.0 Å². The minimum absolute atomic E-state index is 0.0389. The fraction of sp³-hybridized carbons (Fsp3) is 0.350. The maximum absolute atomic E-state index is 13.0. The average molecular weight is 398 g/mol. The van der Waals surface area contributed by atoms with Gasteiger partial charge in [0.2, 0.25) is 0 Å². The summed E-state index contributed by atoms with van der Waals surface area (Å²) in [5.74, 6) is -0.00257. The molecule has 0 bridgehead atoms. The number of hydrogen-bond acceptors (Lipinski definition) is 5. The number of pyridine rings is 1. The number of rotatable bonds is 5. The molecule has 1 aliphatic heterocycles. The third kappa shape index (κ3) is 3.64. The summed E-state index contributed by atoms with van der Waals surface area (Å²) in [5, 5.41) is 5.19. The molecule has 0 saturated carbocycles. The molecule has 1 amide bonds. The first kappa shape index (κ1) is 18.6. The van der Waals surface area contributed by atoms with Crippen molar-refractivity contribution in [3.05, 3.63) is 59.9 Å². The van der Waals surface area contributed by atoms with Gasteiger partial charge in [-0.15, -0.1) is 0 Å². The molecular formula is C20H22N4O3S. The Kier molecular flexibility index (Phi) is 4.89. The first-order valence-corrected chi connectivity index (χ1v) is 11.2. The second-order valence-corrected chi connectivity index (χ2v) is 9.30. The van der Waals surface area contributed by atoms with Gasteiger partial charge in [-0.3, -0.25) is 4.79 Å². The van der Waals surface area contributed by atoms with Crippen molar-refractivity contribution >= 4 is 26.8 Å². The summed E-state index contributed by atoms with van der Waals surface area (Å²) >= 11 is 0. The molecule has 28 heavy (non-hydrogen) atoms. The first-order valence-electron chi connectivity index (χ1n) is 9.34. The van der Waals surface area contributed by atoms with Crippen LogP contribution in [0.2, 0.25) is 0 Å². The van der Waals surface area contributed by atoms with Crippen LogP contribution in [0.15, 0.2) is 48.8 Å². The van der Waals surface area contributed by atoms with Crippen molar-refractivity contribution < 1.29 is 13.2 Å². The minimum Gasteiger partial charge on any atom is -0.335 e. The summed E-state index contributed by atoms with van der Waals surface area (Å²) in [4.78, 5) is 19.1. The van der Waals surface area contributed by atoms with Gasteiger partial charge >= 0.3 is 0 Å². The Hall–Kier alpha value is -2.74. The Morgan fingerprint density at radius 3 is 2.71 bits per heavy atom. The highest BCUT2D eigenvalue weighted by molar-refractivity contribution is 7.91. The summed E-state index contributed by atoms with van der Waals surface area (Å²) in [5.41, 5.74) is 2.29. The summed E-state index contributed by atoms with van der Waals surface area (Å²) in [6, 6.07) is 11.5. The predicted molar refractivity (Wildman–Crippen MR) is 107 cm³/mol. The largest absolute Gasteiger partial charge is 0.335 e. The molecule has 8 heteroatoms. The number of hydrogen-bond donors (Lipinski definition) is 0. The van der Waals surface area contributed by atoms with E-state index in [-0.39, 0.29) is 23.5 Å². The number of sulfone groups is 1. The van der Waals surface area contributed by atoms with Crippen molar-refractivity contribution in [2.45, 2.75) is 25.9 Å². The molecule has 1 saturated heterocycles. The molecule has 4 rings (SSSR count). The van der Waals surface area contributed by atoms with Gasteiger partial charge in [0.15, 0.2) is 15.5 Å². The molecule has 0 N–H and O–H groups in total. The van der Waals surface area contributed by atoms with Gasteiger partial charge in [-0.2, -0.15) is 5.10 Å². The fourth-order valence-electron chi connectivity index (χ4n) is 3.72. The lowest BCUT2D eigenvalue weighted by molar-refractivity contribution is 0.0708. The van der Waals surface area contributed by atoms with Crippen molar-refractivity contribution in [3.63, 3.8) is 0 Å². The van der Waals surface area contributed by atoms with Crippen LogP contribution in [0.25, 0.3) is 11.0 Å². The zero-order chi connectivity index (χ0) is 19.7. The van der Waals surface area contributed by atoms with Gasteiger partial charge in [0, 0.05) is 24.2 Å². The van der Waals surface area contributed by atoms with Crippen molar-refractivity contribution in [1.29, 1.82) is 0 Å². The van der Waals surface area contributed by atoms with Crippen LogP contribution in [-0.2, 0) is 16.4 Å². The highest BCUT2D eigenvalue weighted by atomic mass is 32.2. The normalized spacial score (nSPS) is 18.4. The van der Waals surface area contributed by atoms with Crippen LogP contribution in [0.5, 0.6) is 0 Å². The first-order chi connectivity index (χ1) is 13.5. The number of aromatic nitrogens is 3. The van der Waals surface area contributed by atoms with Crippen molar-refractivity contribution in [2.24, 2.45) is 0 Å². The monoisotopic (exact) mass is 398 g/mol. The minimum atomic E-state index is -3.05. The van der Waals surface area contributed by atoms with E-state index in [1.807, 2.05) is 37.3 Å². The third-order valence-corrected chi connectivity index (χ3v) is 6.90. The average Bonchev–Trinajstić information content (AvgIpc) is 3.25. The predicted octanol–water partition coefficient (Wildman–Crippen LogP) is 2.13. The Morgan fingerprint density at radius 1 is 1.25 bits per heavy atom. The SMILES string of the molecule is CCN(C(=O)c1cnc2c(cnn2Cc2ccccc2)c1)[C@H]1CCS(=O)(=O)C1. The quantitative estimate of drug-likeness (QED) is 0.657. The lowest BCUT2D eigenvalue weighted by Gasteiger charge is -2.26. The van der Waals surface area contributed by atoms with Gasteiger partial charge < -0.3 is 4.90 Å². The molecule has 146 valence electrons. The van der Waals surface area contributed by atoms with E-state index >= 15 is 0 Å². The standard InChI is InChI=1S/C20H22N4O3S/c1-2-23(18-8-9-28(26,27)14-18)20(25)17-10-16-12-22-24(19(16)21-11-17)13-15-6-4-3-5-7-15/h3-7,10-12,18H,2,8-9,13-14H2,1H3/t18-/m0/s1. The summed E-state index contributed by atoms with van der Waals surface area (Å²) < 4.78 is 25.4. The molecule has 0 unspecified atom stereocenters. The lowest BCUT2D eigenvalue weighted by atomic mass is 10.1. The molecule has 1 aromatic carbocycles. The number of benzene rings is 1. The van der Waals surface area contributed by atoms with Crippen LogP contribution in [0, 0.1) is 0 Å².